The number of aromatic nitrogens is 2. The van der Waals surface area contributed by atoms with Crippen molar-refractivity contribution in [1.29, 1.82) is 0 Å². The molecule has 1 heterocycles. The Kier molecular flexibility index (Phi) is 2.95. The van der Waals surface area contributed by atoms with Gasteiger partial charge in [-0.3, -0.25) is 9.89 Å². The number of aromatic amines is 1. The Bertz CT molecular complexity index is 777. The second-order valence-corrected chi connectivity index (χ2v) is 4.52. The number of hydrogen-bond acceptors (Lipinski definition) is 2. The molecule has 0 saturated carbocycles. The first kappa shape index (κ1) is 12.3. The average molecular weight is 269 g/mol. The third-order valence-electron chi connectivity index (χ3n) is 3.03. The van der Waals surface area contributed by atoms with Gasteiger partial charge in [0.15, 0.2) is 5.82 Å². The van der Waals surface area contributed by atoms with Crippen molar-refractivity contribution in [3.05, 3.63) is 48.3 Å². The number of nitrogens with one attached hydrogen (secondary N) is 2. The van der Waals surface area contributed by atoms with Gasteiger partial charge in [0, 0.05) is 12.3 Å². The summed E-state index contributed by atoms with van der Waals surface area (Å²) in [6.45, 7) is 1.44. The number of H-pyrrole nitrogens is 1. The molecule has 0 aliphatic heterocycles. The number of rotatable bonds is 2. The number of carbonyl (C=O) groups is 1. The normalized spacial score (nSPS) is 10.7. The molecule has 0 spiro atoms. The second kappa shape index (κ2) is 4.77. The van der Waals surface area contributed by atoms with Gasteiger partial charge in [-0.25, -0.2) is 4.39 Å². The van der Waals surface area contributed by atoms with Crippen molar-refractivity contribution in [2.45, 2.75) is 6.92 Å². The second-order valence-electron chi connectivity index (χ2n) is 4.52. The number of fused-ring (bicyclic) bond motifs is 1. The predicted octanol–water partition coefficient (Wildman–Crippen LogP) is 3.33. The molecule has 4 nitrogen and oxygen atoms in total. The van der Waals surface area contributed by atoms with Crippen LogP contribution in [0.5, 0.6) is 0 Å². The zero-order valence-electron chi connectivity index (χ0n) is 10.8. The quantitative estimate of drug-likeness (QED) is 0.749. The number of hydrogen-bond donors (Lipinski definition) is 2. The molecule has 0 atom stereocenters. The lowest BCUT2D eigenvalue weighted by Crippen LogP contribution is -2.06. The van der Waals surface area contributed by atoms with E-state index in [-0.39, 0.29) is 11.7 Å². The Balaban J connectivity index is 2.03. The summed E-state index contributed by atoms with van der Waals surface area (Å²) in [5, 5.41) is 10.4. The highest BCUT2D eigenvalue weighted by atomic mass is 19.1. The van der Waals surface area contributed by atoms with Crippen molar-refractivity contribution in [3.63, 3.8) is 0 Å². The van der Waals surface area contributed by atoms with Gasteiger partial charge in [-0.05, 0) is 35.4 Å². The number of benzene rings is 2. The third-order valence-corrected chi connectivity index (χ3v) is 3.03. The van der Waals surface area contributed by atoms with E-state index < -0.39 is 0 Å². The number of nitrogens with zero attached hydrogens (tertiary/aromatic N) is 1. The van der Waals surface area contributed by atoms with Gasteiger partial charge in [0.1, 0.15) is 5.82 Å². The molecule has 2 N–H and O–H groups in total. The minimum atomic E-state index is -0.260. The van der Waals surface area contributed by atoms with Crippen molar-refractivity contribution in [1.82, 2.24) is 10.2 Å². The average Bonchev–Trinajstić information content (AvgIpc) is 2.81. The molecule has 0 aliphatic rings. The van der Waals surface area contributed by atoms with Crippen LogP contribution in [-0.2, 0) is 4.79 Å². The lowest BCUT2D eigenvalue weighted by Gasteiger charge is -2.02. The molecule has 1 amide bonds. The maximum absolute atomic E-state index is 12.9. The van der Waals surface area contributed by atoms with E-state index in [0.717, 1.165) is 22.0 Å². The predicted molar refractivity (Wildman–Crippen MR) is 75.8 cm³/mol. The number of amides is 1. The fourth-order valence-electron chi connectivity index (χ4n) is 2.10. The Morgan fingerprint density at radius 1 is 1.15 bits per heavy atom. The van der Waals surface area contributed by atoms with Gasteiger partial charge in [0.05, 0.1) is 5.52 Å². The van der Waals surface area contributed by atoms with Crippen LogP contribution in [0.4, 0.5) is 10.2 Å². The summed E-state index contributed by atoms with van der Waals surface area (Å²) in [4.78, 5) is 11.1. The molecule has 0 unspecified atom stereocenters. The topological polar surface area (TPSA) is 57.8 Å². The van der Waals surface area contributed by atoms with Gasteiger partial charge in [-0.2, -0.15) is 5.10 Å². The summed E-state index contributed by atoms with van der Waals surface area (Å²) in [6.07, 6.45) is 0. The van der Waals surface area contributed by atoms with E-state index in [1.54, 1.807) is 12.1 Å². The molecule has 1 aromatic heterocycles. The van der Waals surface area contributed by atoms with Crippen molar-refractivity contribution >= 4 is 22.6 Å². The maximum atomic E-state index is 12.9. The summed E-state index contributed by atoms with van der Waals surface area (Å²) in [7, 11) is 0. The lowest BCUT2D eigenvalue weighted by atomic mass is 10.0. The molecule has 5 heteroatoms. The standard InChI is InChI=1S/C15H12FN3O/c1-9(20)17-15-13-7-4-11(8-14(13)18-19-15)10-2-5-12(16)6-3-10/h2-8H,1H3,(H2,17,18,19,20). The lowest BCUT2D eigenvalue weighted by molar-refractivity contribution is -0.114. The monoisotopic (exact) mass is 269 g/mol. The first-order valence-corrected chi connectivity index (χ1v) is 6.15. The van der Waals surface area contributed by atoms with Crippen LogP contribution in [0.15, 0.2) is 42.5 Å². The first-order chi connectivity index (χ1) is 9.63. The van der Waals surface area contributed by atoms with Gasteiger partial charge >= 0.3 is 0 Å². The van der Waals surface area contributed by atoms with Crippen LogP contribution in [0.25, 0.3) is 22.0 Å². The number of anilines is 1. The molecule has 0 bridgehead atoms. The van der Waals surface area contributed by atoms with Crippen molar-refractivity contribution in [2.24, 2.45) is 0 Å². The van der Waals surface area contributed by atoms with Crippen LogP contribution in [0.2, 0.25) is 0 Å². The molecule has 100 valence electrons. The van der Waals surface area contributed by atoms with E-state index in [0.29, 0.717) is 5.82 Å². The van der Waals surface area contributed by atoms with E-state index in [1.807, 2.05) is 18.2 Å². The molecule has 0 aliphatic carbocycles. The zero-order chi connectivity index (χ0) is 14.1. The van der Waals surface area contributed by atoms with Gasteiger partial charge in [0.25, 0.3) is 0 Å². The SMILES string of the molecule is CC(=O)Nc1n[nH]c2cc(-c3ccc(F)cc3)ccc12. The largest absolute Gasteiger partial charge is 0.309 e. The summed E-state index contributed by atoms with van der Waals surface area (Å²) < 4.78 is 12.9. The van der Waals surface area contributed by atoms with Crippen molar-refractivity contribution in [3.8, 4) is 11.1 Å². The highest BCUT2D eigenvalue weighted by Gasteiger charge is 2.08. The zero-order valence-corrected chi connectivity index (χ0v) is 10.8. The van der Waals surface area contributed by atoms with Crippen LogP contribution in [-0.4, -0.2) is 16.1 Å². The molecule has 3 rings (SSSR count). The van der Waals surface area contributed by atoms with Gasteiger partial charge in [-0.1, -0.05) is 18.2 Å². The summed E-state index contributed by atoms with van der Waals surface area (Å²) >= 11 is 0. The Morgan fingerprint density at radius 3 is 2.55 bits per heavy atom. The van der Waals surface area contributed by atoms with E-state index in [4.69, 9.17) is 0 Å². The van der Waals surface area contributed by atoms with Crippen LogP contribution < -0.4 is 5.32 Å². The van der Waals surface area contributed by atoms with E-state index >= 15 is 0 Å². The molecular formula is C15H12FN3O. The van der Waals surface area contributed by atoms with Gasteiger partial charge in [-0.15, -0.1) is 0 Å². The summed E-state index contributed by atoms with van der Waals surface area (Å²) in [5.74, 6) is 0.0866. The number of carbonyl (C=O) groups excluding carboxylic acids is 1. The molecule has 0 radical (unpaired) electrons. The molecular weight excluding hydrogens is 257 g/mol. The maximum Gasteiger partial charge on any atom is 0.222 e. The smallest absolute Gasteiger partial charge is 0.222 e. The number of halogens is 1. The summed E-state index contributed by atoms with van der Waals surface area (Å²) in [6, 6.07) is 12.0. The Morgan fingerprint density at radius 2 is 1.85 bits per heavy atom. The first-order valence-electron chi connectivity index (χ1n) is 6.15. The fraction of sp³-hybridized carbons (Fsp3) is 0.0667. The Labute approximate surface area is 114 Å². The van der Waals surface area contributed by atoms with Crippen LogP contribution in [0.1, 0.15) is 6.92 Å². The van der Waals surface area contributed by atoms with E-state index in [2.05, 4.69) is 15.5 Å². The van der Waals surface area contributed by atoms with Gasteiger partial charge in [0.2, 0.25) is 5.91 Å². The molecule has 0 saturated heterocycles. The summed E-state index contributed by atoms with van der Waals surface area (Å²) in [5.41, 5.74) is 2.69. The molecule has 0 fully saturated rings. The Hall–Kier alpha value is -2.69. The molecule has 2 aromatic carbocycles. The molecule has 20 heavy (non-hydrogen) atoms. The van der Waals surface area contributed by atoms with Crippen molar-refractivity contribution < 1.29 is 9.18 Å². The van der Waals surface area contributed by atoms with Crippen LogP contribution in [0, 0.1) is 5.82 Å². The van der Waals surface area contributed by atoms with Gasteiger partial charge < -0.3 is 5.32 Å². The van der Waals surface area contributed by atoms with Crippen molar-refractivity contribution in [2.75, 3.05) is 5.32 Å². The fourth-order valence-corrected chi connectivity index (χ4v) is 2.10. The molecule has 3 aromatic rings. The van der Waals surface area contributed by atoms with E-state index in [9.17, 15) is 9.18 Å². The minimum Gasteiger partial charge on any atom is -0.309 e. The third kappa shape index (κ3) is 2.25. The minimum absolute atomic E-state index is 0.166. The van der Waals surface area contributed by atoms with Crippen LogP contribution in [0.3, 0.4) is 0 Å². The highest BCUT2D eigenvalue weighted by Crippen LogP contribution is 2.27. The van der Waals surface area contributed by atoms with E-state index in [1.165, 1.54) is 19.1 Å². The van der Waals surface area contributed by atoms with Crippen LogP contribution >= 0.6 is 0 Å². The highest BCUT2D eigenvalue weighted by molar-refractivity contribution is 5.99.